The molecule has 0 aromatic heterocycles. The van der Waals surface area contributed by atoms with Gasteiger partial charge in [0, 0.05) is 11.2 Å². The van der Waals surface area contributed by atoms with Crippen LogP contribution in [-0.4, -0.2) is 40.0 Å². The van der Waals surface area contributed by atoms with Crippen LogP contribution < -0.4 is 10.6 Å². The van der Waals surface area contributed by atoms with Crippen LogP contribution in [0.1, 0.15) is 90.1 Å². The zero-order chi connectivity index (χ0) is 30.4. The lowest BCUT2D eigenvalue weighted by Gasteiger charge is -2.45. The molecule has 7 nitrogen and oxygen atoms in total. The molecule has 0 fully saturated rings. The van der Waals surface area contributed by atoms with Crippen molar-refractivity contribution in [2.24, 2.45) is 5.92 Å². The predicted molar refractivity (Wildman–Crippen MR) is 163 cm³/mol. The van der Waals surface area contributed by atoms with Gasteiger partial charge in [0.2, 0.25) is 5.91 Å². The van der Waals surface area contributed by atoms with Crippen molar-refractivity contribution in [2.75, 3.05) is 5.32 Å². The van der Waals surface area contributed by atoms with Crippen LogP contribution >= 0.6 is 0 Å². The van der Waals surface area contributed by atoms with Crippen molar-refractivity contribution in [2.45, 2.75) is 98.9 Å². The van der Waals surface area contributed by atoms with E-state index in [-0.39, 0.29) is 17.7 Å². The van der Waals surface area contributed by atoms with Crippen molar-refractivity contribution >= 4 is 29.7 Å². The van der Waals surface area contributed by atoms with E-state index in [4.69, 9.17) is 4.74 Å². The third-order valence-electron chi connectivity index (χ3n) is 7.06. The first-order chi connectivity index (χ1) is 18.5. The summed E-state index contributed by atoms with van der Waals surface area (Å²) in [6, 6.07) is 11.4. The van der Waals surface area contributed by atoms with Gasteiger partial charge in [0.15, 0.2) is 0 Å². The van der Waals surface area contributed by atoms with E-state index in [1.54, 1.807) is 31.7 Å². The van der Waals surface area contributed by atoms with Crippen molar-refractivity contribution in [3.63, 3.8) is 0 Å². The summed E-state index contributed by atoms with van der Waals surface area (Å²) >= 11 is 0. The number of para-hydroxylation sites is 1. The maximum Gasteiger partial charge on any atom is 0.408 e. The smallest absolute Gasteiger partial charge is 0.408 e. The number of ether oxygens (including phenoxy) is 1. The number of anilines is 1. The first kappa shape index (κ1) is 32.6. The predicted octanol–water partition coefficient (Wildman–Crippen LogP) is 7.19. The van der Waals surface area contributed by atoms with E-state index >= 15 is 0 Å². The van der Waals surface area contributed by atoms with Gasteiger partial charge < -0.3 is 20.3 Å². The Kier molecular flexibility index (Phi) is 10.7. The molecule has 0 aliphatic rings. The number of hydrogen-bond donors (Lipinski definition) is 2. The second-order valence-electron chi connectivity index (χ2n) is 12.3. The lowest BCUT2D eigenvalue weighted by Crippen LogP contribution is -2.60. The summed E-state index contributed by atoms with van der Waals surface area (Å²) in [6.07, 6.45) is 1.60. The summed E-state index contributed by atoms with van der Waals surface area (Å²) < 4.78 is 5.48. The number of amides is 3. The summed E-state index contributed by atoms with van der Waals surface area (Å²) in [4.78, 5) is 43.2. The van der Waals surface area contributed by atoms with Gasteiger partial charge in [-0.2, -0.15) is 0 Å². The largest absolute Gasteiger partial charge is 0.444 e. The Bertz CT molecular complexity index is 1210. The number of carbonyl (C=O) groups is 3. The molecule has 7 heteroatoms. The fourth-order valence-corrected chi connectivity index (χ4v) is 4.52. The maximum atomic E-state index is 14.5. The van der Waals surface area contributed by atoms with E-state index in [1.807, 2.05) is 90.9 Å². The molecule has 2 aromatic rings. The molecule has 3 amide bonds. The quantitative estimate of drug-likeness (QED) is 0.328. The minimum absolute atomic E-state index is 0.267. The van der Waals surface area contributed by atoms with Crippen molar-refractivity contribution in [3.8, 4) is 0 Å². The number of benzene rings is 2. The zero-order valence-electron chi connectivity index (χ0n) is 25.8. The highest BCUT2D eigenvalue weighted by Gasteiger charge is 2.44. The first-order valence-corrected chi connectivity index (χ1v) is 13.9. The second-order valence-corrected chi connectivity index (χ2v) is 12.3. The summed E-state index contributed by atoms with van der Waals surface area (Å²) in [6.45, 7) is 22.6. The van der Waals surface area contributed by atoms with Gasteiger partial charge >= 0.3 is 6.09 Å². The van der Waals surface area contributed by atoms with Gasteiger partial charge in [-0.05, 0) is 89.1 Å². The van der Waals surface area contributed by atoms with Crippen molar-refractivity contribution in [1.82, 2.24) is 10.2 Å². The number of alkyl carbamates (subject to hydrolysis) is 1. The lowest BCUT2D eigenvalue weighted by atomic mass is 9.90. The molecular formula is C33H47N3O4. The van der Waals surface area contributed by atoms with Crippen LogP contribution in [0, 0.1) is 19.8 Å². The number of hydrogen-bond acceptors (Lipinski definition) is 4. The molecule has 0 aliphatic carbocycles. The summed E-state index contributed by atoms with van der Waals surface area (Å²) in [7, 11) is 0. The molecule has 0 spiro atoms. The van der Waals surface area contributed by atoms with E-state index in [2.05, 4.69) is 17.2 Å². The number of nitrogens with one attached hydrogen (secondary N) is 2. The van der Waals surface area contributed by atoms with Gasteiger partial charge in [0.1, 0.15) is 17.7 Å². The van der Waals surface area contributed by atoms with Gasteiger partial charge in [-0.15, -0.1) is 0 Å². The zero-order valence-corrected chi connectivity index (χ0v) is 25.8. The average Bonchev–Trinajstić information content (AvgIpc) is 2.86. The first-order valence-electron chi connectivity index (χ1n) is 13.9. The topological polar surface area (TPSA) is 87.7 Å². The maximum absolute atomic E-state index is 14.5. The van der Waals surface area contributed by atoms with Crippen LogP contribution in [0.3, 0.4) is 0 Å². The molecular weight excluding hydrogens is 502 g/mol. The standard InChI is InChI=1S/C33H47N3O4/c1-12-24-18-15-19-25(20-24)28(29(37)34-27-22(5)16-14-17-23(27)6)36(33(10,11)13-2)30(38)26(21(3)4)35-31(39)40-32(7,8)9/h12,14-21,26,28H,1,13H2,2-11H3,(H,34,37)(H,35,39). The normalized spacial score (nSPS) is 13.3. The second kappa shape index (κ2) is 13.2. The molecule has 2 atom stereocenters. The SMILES string of the molecule is C=Cc1cccc(C(C(=O)Nc2c(C)cccc2C)N(C(=O)C(NC(=O)OC(C)(C)C)C(C)C)C(C)(C)CC)c1. The molecule has 2 rings (SSSR count). The minimum atomic E-state index is -0.983. The fraction of sp³-hybridized carbons (Fsp3) is 0.485. The molecule has 2 aromatic carbocycles. The van der Waals surface area contributed by atoms with Crippen LogP contribution in [0.25, 0.3) is 6.08 Å². The van der Waals surface area contributed by atoms with E-state index in [1.165, 1.54) is 0 Å². The molecule has 0 heterocycles. The molecule has 0 saturated heterocycles. The van der Waals surface area contributed by atoms with Gasteiger partial charge in [-0.25, -0.2) is 4.79 Å². The highest BCUT2D eigenvalue weighted by atomic mass is 16.6. The Labute approximate surface area is 240 Å². The Morgan fingerprint density at radius 2 is 1.57 bits per heavy atom. The number of rotatable bonds is 10. The Balaban J connectivity index is 2.71. The highest BCUT2D eigenvalue weighted by Crippen LogP contribution is 2.35. The summed E-state index contributed by atoms with van der Waals surface area (Å²) in [5.41, 5.74) is 2.57. The highest BCUT2D eigenvalue weighted by molar-refractivity contribution is 6.00. The van der Waals surface area contributed by atoms with E-state index in [9.17, 15) is 14.4 Å². The van der Waals surface area contributed by atoms with Crippen LogP contribution in [-0.2, 0) is 14.3 Å². The lowest BCUT2D eigenvalue weighted by molar-refractivity contribution is -0.148. The van der Waals surface area contributed by atoms with Gasteiger partial charge in [-0.3, -0.25) is 9.59 Å². The fourth-order valence-electron chi connectivity index (χ4n) is 4.52. The van der Waals surface area contributed by atoms with E-state index in [0.717, 1.165) is 16.7 Å². The summed E-state index contributed by atoms with van der Waals surface area (Å²) in [5.74, 6) is -0.969. The number of nitrogens with zero attached hydrogens (tertiary/aromatic N) is 1. The molecule has 0 radical (unpaired) electrons. The van der Waals surface area contributed by atoms with E-state index in [0.29, 0.717) is 17.7 Å². The molecule has 40 heavy (non-hydrogen) atoms. The Morgan fingerprint density at radius 3 is 2.08 bits per heavy atom. The van der Waals surface area contributed by atoms with Crippen LogP contribution in [0.15, 0.2) is 49.0 Å². The molecule has 0 bridgehead atoms. The van der Waals surface area contributed by atoms with Gasteiger partial charge in [-0.1, -0.05) is 69.8 Å². The Morgan fingerprint density at radius 1 is 1.00 bits per heavy atom. The molecule has 218 valence electrons. The molecule has 2 unspecified atom stereocenters. The number of carbonyl (C=O) groups excluding carboxylic acids is 3. The van der Waals surface area contributed by atoms with Crippen molar-refractivity contribution < 1.29 is 19.1 Å². The van der Waals surface area contributed by atoms with Crippen molar-refractivity contribution in [1.29, 1.82) is 0 Å². The number of aryl methyl sites for hydroxylation is 2. The molecule has 0 aliphatic heterocycles. The minimum Gasteiger partial charge on any atom is -0.444 e. The molecule has 0 saturated carbocycles. The molecule has 2 N–H and O–H groups in total. The Hall–Kier alpha value is -3.61. The third-order valence-corrected chi connectivity index (χ3v) is 7.06. The van der Waals surface area contributed by atoms with Gasteiger partial charge in [0.05, 0.1) is 0 Å². The van der Waals surface area contributed by atoms with E-state index < -0.39 is 29.3 Å². The van der Waals surface area contributed by atoms with Crippen LogP contribution in [0.2, 0.25) is 0 Å². The van der Waals surface area contributed by atoms with Gasteiger partial charge in [0.25, 0.3) is 5.91 Å². The summed E-state index contributed by atoms with van der Waals surface area (Å²) in [5, 5.41) is 5.90. The average molecular weight is 550 g/mol. The van der Waals surface area contributed by atoms with Crippen LogP contribution in [0.5, 0.6) is 0 Å². The van der Waals surface area contributed by atoms with Crippen LogP contribution in [0.4, 0.5) is 10.5 Å². The third kappa shape index (κ3) is 8.20. The monoisotopic (exact) mass is 549 g/mol. The van der Waals surface area contributed by atoms with Crippen molar-refractivity contribution in [3.05, 3.63) is 71.3 Å².